The summed E-state index contributed by atoms with van der Waals surface area (Å²) in [5, 5.41) is 0. The van der Waals surface area contributed by atoms with Gasteiger partial charge in [-0.1, -0.05) is 12.1 Å². The fraction of sp³-hybridized carbons (Fsp3) is 0.200. The Hall–Kier alpha value is -1.67. The number of rotatable bonds is 5. The number of ether oxygens (including phenoxy) is 1. The summed E-state index contributed by atoms with van der Waals surface area (Å²) in [5.74, 6) is 2.32. The molecule has 0 unspecified atom stereocenters. The summed E-state index contributed by atoms with van der Waals surface area (Å²) in [5.41, 5.74) is 7.63. The van der Waals surface area contributed by atoms with Gasteiger partial charge in [-0.15, -0.1) is 11.6 Å². The summed E-state index contributed by atoms with van der Waals surface area (Å²) >= 11 is 5.67. The van der Waals surface area contributed by atoms with Crippen LogP contribution in [-0.2, 0) is 6.42 Å². The first kappa shape index (κ1) is 12.8. The van der Waals surface area contributed by atoms with Gasteiger partial charge in [0.1, 0.15) is 11.5 Å². The van der Waals surface area contributed by atoms with Crippen LogP contribution in [0.25, 0.3) is 0 Å². The van der Waals surface area contributed by atoms with Gasteiger partial charge < -0.3 is 10.5 Å². The lowest BCUT2D eigenvalue weighted by atomic mass is 10.1. The van der Waals surface area contributed by atoms with Gasteiger partial charge in [-0.25, -0.2) is 0 Å². The standard InChI is InChI=1S/C15H16ClNO/c16-11-1-2-12-3-7-14(8-4-12)18-15-9-5-13(17)6-10-15/h3-10H,1-2,11,17H2. The fourth-order valence-corrected chi connectivity index (χ4v) is 1.80. The molecule has 0 fully saturated rings. The molecule has 0 saturated carbocycles. The lowest BCUT2D eigenvalue weighted by molar-refractivity contribution is 0.482. The van der Waals surface area contributed by atoms with E-state index in [-0.39, 0.29) is 0 Å². The highest BCUT2D eigenvalue weighted by Gasteiger charge is 1.98. The second kappa shape index (κ2) is 6.31. The maximum absolute atomic E-state index is 5.71. The minimum absolute atomic E-state index is 0.698. The average Bonchev–Trinajstić information content (AvgIpc) is 2.41. The van der Waals surface area contributed by atoms with E-state index in [0.29, 0.717) is 5.88 Å². The zero-order valence-electron chi connectivity index (χ0n) is 10.1. The van der Waals surface area contributed by atoms with Crippen LogP contribution in [0.2, 0.25) is 0 Å². The van der Waals surface area contributed by atoms with Crippen molar-refractivity contribution < 1.29 is 4.74 Å². The Morgan fingerprint density at radius 2 is 1.44 bits per heavy atom. The lowest BCUT2D eigenvalue weighted by Crippen LogP contribution is -1.88. The zero-order valence-corrected chi connectivity index (χ0v) is 10.9. The summed E-state index contributed by atoms with van der Waals surface area (Å²) < 4.78 is 5.71. The second-order valence-corrected chi connectivity index (χ2v) is 4.49. The van der Waals surface area contributed by atoms with Crippen molar-refractivity contribution >= 4 is 17.3 Å². The largest absolute Gasteiger partial charge is 0.457 e. The van der Waals surface area contributed by atoms with E-state index in [1.807, 2.05) is 36.4 Å². The number of aryl methyl sites for hydroxylation is 1. The Morgan fingerprint density at radius 1 is 0.889 bits per heavy atom. The van der Waals surface area contributed by atoms with E-state index in [4.69, 9.17) is 22.1 Å². The van der Waals surface area contributed by atoms with E-state index in [1.165, 1.54) is 5.56 Å². The van der Waals surface area contributed by atoms with Crippen molar-refractivity contribution in [3.05, 3.63) is 54.1 Å². The third-order valence-electron chi connectivity index (χ3n) is 2.64. The molecule has 18 heavy (non-hydrogen) atoms. The van der Waals surface area contributed by atoms with Crippen LogP contribution in [0.1, 0.15) is 12.0 Å². The molecule has 3 heteroatoms. The average molecular weight is 262 g/mol. The van der Waals surface area contributed by atoms with Crippen molar-refractivity contribution in [3.8, 4) is 11.5 Å². The molecule has 2 N–H and O–H groups in total. The third kappa shape index (κ3) is 3.67. The van der Waals surface area contributed by atoms with Crippen molar-refractivity contribution in [1.29, 1.82) is 0 Å². The summed E-state index contributed by atoms with van der Waals surface area (Å²) in [6.07, 6.45) is 2.01. The molecule has 2 rings (SSSR count). The van der Waals surface area contributed by atoms with Crippen molar-refractivity contribution in [1.82, 2.24) is 0 Å². The number of hydrogen-bond donors (Lipinski definition) is 1. The van der Waals surface area contributed by atoms with Crippen molar-refractivity contribution in [2.45, 2.75) is 12.8 Å². The molecule has 2 aromatic rings. The highest BCUT2D eigenvalue weighted by molar-refractivity contribution is 6.17. The molecule has 0 aliphatic rings. The van der Waals surface area contributed by atoms with Gasteiger partial charge in [0.15, 0.2) is 0 Å². The van der Waals surface area contributed by atoms with E-state index >= 15 is 0 Å². The molecule has 0 aliphatic heterocycles. The van der Waals surface area contributed by atoms with Crippen LogP contribution >= 0.6 is 11.6 Å². The van der Waals surface area contributed by atoms with E-state index in [0.717, 1.165) is 30.0 Å². The number of nitrogens with two attached hydrogens (primary N) is 1. The fourth-order valence-electron chi connectivity index (χ4n) is 1.67. The summed E-state index contributed by atoms with van der Waals surface area (Å²) in [6.45, 7) is 0. The number of anilines is 1. The lowest BCUT2D eigenvalue weighted by Gasteiger charge is -2.07. The first-order valence-corrected chi connectivity index (χ1v) is 6.49. The predicted molar refractivity (Wildman–Crippen MR) is 76.4 cm³/mol. The van der Waals surface area contributed by atoms with Crippen LogP contribution in [0.15, 0.2) is 48.5 Å². The molecule has 2 aromatic carbocycles. The Kier molecular flexibility index (Phi) is 4.48. The van der Waals surface area contributed by atoms with Crippen LogP contribution in [0.4, 0.5) is 5.69 Å². The molecule has 0 spiro atoms. The normalized spacial score (nSPS) is 10.3. The maximum Gasteiger partial charge on any atom is 0.127 e. The van der Waals surface area contributed by atoms with Gasteiger partial charge >= 0.3 is 0 Å². The van der Waals surface area contributed by atoms with E-state index in [1.54, 1.807) is 0 Å². The van der Waals surface area contributed by atoms with E-state index < -0.39 is 0 Å². The molecule has 94 valence electrons. The van der Waals surface area contributed by atoms with Crippen LogP contribution in [0.5, 0.6) is 11.5 Å². The Morgan fingerprint density at radius 3 is 2.00 bits per heavy atom. The zero-order chi connectivity index (χ0) is 12.8. The van der Waals surface area contributed by atoms with Gasteiger partial charge in [0, 0.05) is 11.6 Å². The molecule has 0 bridgehead atoms. The molecule has 0 aromatic heterocycles. The summed E-state index contributed by atoms with van der Waals surface area (Å²) in [4.78, 5) is 0. The molecular weight excluding hydrogens is 246 g/mol. The molecule has 0 saturated heterocycles. The Balaban J connectivity index is 1.99. The Bertz CT molecular complexity index is 479. The van der Waals surface area contributed by atoms with Crippen LogP contribution in [-0.4, -0.2) is 5.88 Å². The number of benzene rings is 2. The quantitative estimate of drug-likeness (QED) is 0.646. The van der Waals surface area contributed by atoms with Gasteiger partial charge in [-0.2, -0.15) is 0 Å². The van der Waals surface area contributed by atoms with Crippen LogP contribution in [0, 0.1) is 0 Å². The minimum Gasteiger partial charge on any atom is -0.457 e. The maximum atomic E-state index is 5.71. The number of halogens is 1. The van der Waals surface area contributed by atoms with Crippen LogP contribution in [0.3, 0.4) is 0 Å². The molecule has 0 atom stereocenters. The summed E-state index contributed by atoms with van der Waals surface area (Å²) in [6, 6.07) is 15.4. The molecule has 0 heterocycles. The number of nitrogen functional groups attached to an aromatic ring is 1. The van der Waals surface area contributed by atoms with Crippen molar-refractivity contribution in [2.24, 2.45) is 0 Å². The predicted octanol–water partition coefficient (Wildman–Crippen LogP) is 4.23. The monoisotopic (exact) mass is 261 g/mol. The molecule has 0 radical (unpaired) electrons. The third-order valence-corrected chi connectivity index (χ3v) is 2.91. The topological polar surface area (TPSA) is 35.2 Å². The van der Waals surface area contributed by atoms with Crippen molar-refractivity contribution in [3.63, 3.8) is 0 Å². The van der Waals surface area contributed by atoms with Gasteiger partial charge in [0.2, 0.25) is 0 Å². The highest BCUT2D eigenvalue weighted by atomic mass is 35.5. The van der Waals surface area contributed by atoms with Crippen molar-refractivity contribution in [2.75, 3.05) is 11.6 Å². The van der Waals surface area contributed by atoms with Gasteiger partial charge in [0.05, 0.1) is 0 Å². The molecule has 0 aliphatic carbocycles. The molecule has 0 amide bonds. The molecular formula is C15H16ClNO. The van der Waals surface area contributed by atoms with E-state index in [9.17, 15) is 0 Å². The van der Waals surface area contributed by atoms with Crippen LogP contribution < -0.4 is 10.5 Å². The van der Waals surface area contributed by atoms with Gasteiger partial charge in [-0.3, -0.25) is 0 Å². The first-order chi connectivity index (χ1) is 8.78. The summed E-state index contributed by atoms with van der Waals surface area (Å²) in [7, 11) is 0. The number of alkyl halides is 1. The Labute approximate surface area is 112 Å². The first-order valence-electron chi connectivity index (χ1n) is 5.96. The van der Waals surface area contributed by atoms with E-state index in [2.05, 4.69) is 12.1 Å². The second-order valence-electron chi connectivity index (χ2n) is 4.11. The van der Waals surface area contributed by atoms with Gasteiger partial charge in [0.25, 0.3) is 0 Å². The highest BCUT2D eigenvalue weighted by Crippen LogP contribution is 2.22. The molecule has 2 nitrogen and oxygen atoms in total. The SMILES string of the molecule is Nc1ccc(Oc2ccc(CCCCl)cc2)cc1. The minimum atomic E-state index is 0.698. The smallest absolute Gasteiger partial charge is 0.127 e. The van der Waals surface area contributed by atoms with Gasteiger partial charge in [-0.05, 0) is 54.8 Å². The number of hydrogen-bond acceptors (Lipinski definition) is 2.